The third-order valence-electron chi connectivity index (χ3n) is 6.03. The van der Waals surface area contributed by atoms with Crippen LogP contribution in [-0.4, -0.2) is 38.7 Å². The van der Waals surface area contributed by atoms with Crippen LogP contribution >= 0.6 is 0 Å². The van der Waals surface area contributed by atoms with E-state index in [-0.39, 0.29) is 0 Å². The molecule has 2 fully saturated rings. The number of hydrogen-bond acceptors (Lipinski definition) is 3. The van der Waals surface area contributed by atoms with Crippen LogP contribution in [-0.2, 0) is 11.2 Å². The molecule has 2 heterocycles. The summed E-state index contributed by atoms with van der Waals surface area (Å²) in [4.78, 5) is 14.6. The molecule has 5 heteroatoms. The summed E-state index contributed by atoms with van der Waals surface area (Å²) >= 11 is 0. The zero-order valence-corrected chi connectivity index (χ0v) is 15.4. The van der Waals surface area contributed by atoms with E-state index < -0.39 is 0 Å². The molecular formula is C21H28N4O. The summed E-state index contributed by atoms with van der Waals surface area (Å²) in [5.41, 5.74) is 1.11. The zero-order chi connectivity index (χ0) is 17.8. The Labute approximate surface area is 155 Å². The van der Waals surface area contributed by atoms with Gasteiger partial charge in [-0.1, -0.05) is 31.0 Å². The number of amides is 1. The van der Waals surface area contributed by atoms with E-state index in [9.17, 15) is 4.79 Å². The lowest BCUT2D eigenvalue weighted by Gasteiger charge is -2.32. The number of nitrogens with zero attached hydrogens (tertiary/aromatic N) is 4. The summed E-state index contributed by atoms with van der Waals surface area (Å²) in [6.07, 6.45) is 10.7. The SMILES string of the molecule is O=C(CC1CCCC1)N1CCC(Cc2nncn2-c2ccccc2)CC1. The Balaban J connectivity index is 1.31. The maximum Gasteiger partial charge on any atom is 0.222 e. The average molecular weight is 352 g/mol. The van der Waals surface area contributed by atoms with Gasteiger partial charge in [0.15, 0.2) is 0 Å². The predicted molar refractivity (Wildman–Crippen MR) is 101 cm³/mol. The van der Waals surface area contributed by atoms with Crippen LogP contribution < -0.4 is 0 Å². The van der Waals surface area contributed by atoms with Gasteiger partial charge in [-0.3, -0.25) is 9.36 Å². The van der Waals surface area contributed by atoms with Crippen molar-refractivity contribution in [2.45, 2.75) is 51.4 Å². The van der Waals surface area contributed by atoms with E-state index in [1.54, 1.807) is 6.33 Å². The molecule has 0 bridgehead atoms. The molecule has 1 aromatic carbocycles. The Hall–Kier alpha value is -2.17. The lowest BCUT2D eigenvalue weighted by Crippen LogP contribution is -2.39. The minimum atomic E-state index is 0.378. The zero-order valence-electron chi connectivity index (χ0n) is 15.4. The molecule has 138 valence electrons. The number of carbonyl (C=O) groups is 1. The first-order valence-electron chi connectivity index (χ1n) is 10.0. The maximum atomic E-state index is 12.5. The topological polar surface area (TPSA) is 51.0 Å². The van der Waals surface area contributed by atoms with E-state index in [0.717, 1.165) is 50.3 Å². The summed E-state index contributed by atoms with van der Waals surface area (Å²) in [5.74, 6) is 2.62. The normalized spacial score (nSPS) is 19.2. The molecule has 1 saturated heterocycles. The maximum absolute atomic E-state index is 12.5. The third kappa shape index (κ3) is 3.97. The second-order valence-electron chi connectivity index (χ2n) is 7.84. The molecule has 1 aliphatic carbocycles. The first-order valence-corrected chi connectivity index (χ1v) is 10.0. The second kappa shape index (κ2) is 8.02. The summed E-state index contributed by atoms with van der Waals surface area (Å²) in [5, 5.41) is 8.45. The minimum absolute atomic E-state index is 0.378. The smallest absolute Gasteiger partial charge is 0.222 e. The number of aromatic nitrogens is 3. The van der Waals surface area contributed by atoms with Crippen LogP contribution in [0.25, 0.3) is 5.69 Å². The highest BCUT2D eigenvalue weighted by Gasteiger charge is 2.26. The first-order chi connectivity index (χ1) is 12.8. The highest BCUT2D eigenvalue weighted by atomic mass is 16.2. The molecule has 2 aromatic rings. The van der Waals surface area contributed by atoms with Crippen LogP contribution in [0.15, 0.2) is 36.7 Å². The number of para-hydroxylation sites is 1. The molecule has 1 saturated carbocycles. The van der Waals surface area contributed by atoms with Crippen molar-refractivity contribution in [3.63, 3.8) is 0 Å². The van der Waals surface area contributed by atoms with Gasteiger partial charge in [-0.2, -0.15) is 0 Å². The number of rotatable bonds is 5. The third-order valence-corrected chi connectivity index (χ3v) is 6.03. The van der Waals surface area contributed by atoms with Gasteiger partial charge in [0.2, 0.25) is 5.91 Å². The lowest BCUT2D eigenvalue weighted by atomic mass is 9.92. The van der Waals surface area contributed by atoms with E-state index in [1.807, 2.05) is 18.2 Å². The molecule has 1 aliphatic heterocycles. The van der Waals surface area contributed by atoms with Crippen LogP contribution in [0.2, 0.25) is 0 Å². The number of carbonyl (C=O) groups excluding carboxylic acids is 1. The Morgan fingerprint density at radius 1 is 1.00 bits per heavy atom. The second-order valence-corrected chi connectivity index (χ2v) is 7.84. The molecule has 0 unspecified atom stereocenters. The number of piperidine rings is 1. The molecule has 1 amide bonds. The van der Waals surface area contributed by atoms with Crippen LogP contribution in [0.4, 0.5) is 0 Å². The van der Waals surface area contributed by atoms with E-state index in [1.165, 1.54) is 25.7 Å². The molecule has 0 atom stereocenters. The van der Waals surface area contributed by atoms with Gasteiger partial charge >= 0.3 is 0 Å². The van der Waals surface area contributed by atoms with Gasteiger partial charge in [0.25, 0.3) is 0 Å². The van der Waals surface area contributed by atoms with E-state index in [0.29, 0.717) is 17.7 Å². The molecule has 0 spiro atoms. The van der Waals surface area contributed by atoms with E-state index in [4.69, 9.17) is 0 Å². The largest absolute Gasteiger partial charge is 0.343 e. The van der Waals surface area contributed by atoms with Crippen molar-refractivity contribution in [1.29, 1.82) is 0 Å². The monoisotopic (exact) mass is 352 g/mol. The van der Waals surface area contributed by atoms with Gasteiger partial charge in [-0.25, -0.2) is 0 Å². The van der Waals surface area contributed by atoms with E-state index >= 15 is 0 Å². The predicted octanol–water partition coefficient (Wildman–Crippen LogP) is 3.63. The Kier molecular flexibility index (Phi) is 5.32. The van der Waals surface area contributed by atoms with Crippen molar-refractivity contribution in [1.82, 2.24) is 19.7 Å². The van der Waals surface area contributed by atoms with Gasteiger partial charge in [-0.15, -0.1) is 10.2 Å². The molecule has 1 aromatic heterocycles. The standard InChI is InChI=1S/C21H28N4O/c26-21(15-17-6-4-5-7-17)24-12-10-18(11-13-24)14-20-23-22-16-25(20)19-8-2-1-3-9-19/h1-3,8-9,16-18H,4-7,10-15H2. The Morgan fingerprint density at radius 2 is 1.73 bits per heavy atom. The molecule has 0 radical (unpaired) electrons. The van der Waals surface area contributed by atoms with E-state index in [2.05, 4.69) is 31.8 Å². The van der Waals surface area contributed by atoms with Gasteiger partial charge in [0.05, 0.1) is 0 Å². The number of benzene rings is 1. The summed E-state index contributed by atoms with van der Waals surface area (Å²) in [7, 11) is 0. The van der Waals surface area contributed by atoms with Gasteiger partial charge < -0.3 is 4.90 Å². The van der Waals surface area contributed by atoms with Crippen LogP contribution in [0.3, 0.4) is 0 Å². The highest BCUT2D eigenvalue weighted by molar-refractivity contribution is 5.76. The molecule has 4 rings (SSSR count). The lowest BCUT2D eigenvalue weighted by molar-refractivity contribution is -0.133. The summed E-state index contributed by atoms with van der Waals surface area (Å²) in [6, 6.07) is 10.3. The fourth-order valence-corrected chi connectivity index (χ4v) is 4.44. The average Bonchev–Trinajstić information content (AvgIpc) is 3.35. The van der Waals surface area contributed by atoms with Gasteiger partial charge in [-0.05, 0) is 49.7 Å². The summed E-state index contributed by atoms with van der Waals surface area (Å²) < 4.78 is 2.08. The van der Waals surface area contributed by atoms with Crippen molar-refractivity contribution in [3.05, 3.63) is 42.5 Å². The fourth-order valence-electron chi connectivity index (χ4n) is 4.44. The fraction of sp³-hybridized carbons (Fsp3) is 0.571. The molecule has 26 heavy (non-hydrogen) atoms. The Morgan fingerprint density at radius 3 is 2.46 bits per heavy atom. The van der Waals surface area contributed by atoms with Crippen molar-refractivity contribution in [2.75, 3.05) is 13.1 Å². The number of likely N-dealkylation sites (tertiary alicyclic amines) is 1. The quantitative estimate of drug-likeness (QED) is 0.826. The molecule has 5 nitrogen and oxygen atoms in total. The van der Waals surface area contributed by atoms with Crippen molar-refractivity contribution in [3.8, 4) is 5.69 Å². The van der Waals surface area contributed by atoms with Crippen molar-refractivity contribution < 1.29 is 4.79 Å². The molecule has 0 N–H and O–H groups in total. The minimum Gasteiger partial charge on any atom is -0.343 e. The van der Waals surface area contributed by atoms with Gasteiger partial charge in [0.1, 0.15) is 12.2 Å². The highest BCUT2D eigenvalue weighted by Crippen LogP contribution is 2.29. The summed E-state index contributed by atoms with van der Waals surface area (Å²) in [6.45, 7) is 1.80. The molecular weight excluding hydrogens is 324 g/mol. The van der Waals surface area contributed by atoms with Crippen molar-refractivity contribution >= 4 is 5.91 Å². The Bertz CT molecular complexity index is 713. The van der Waals surface area contributed by atoms with Crippen molar-refractivity contribution in [2.24, 2.45) is 11.8 Å². The van der Waals surface area contributed by atoms with Crippen LogP contribution in [0, 0.1) is 11.8 Å². The molecule has 2 aliphatic rings. The van der Waals surface area contributed by atoms with Crippen LogP contribution in [0.1, 0.15) is 50.8 Å². The number of hydrogen-bond donors (Lipinski definition) is 0. The first kappa shape index (κ1) is 17.3. The van der Waals surface area contributed by atoms with Crippen LogP contribution in [0.5, 0.6) is 0 Å². The van der Waals surface area contributed by atoms with Gasteiger partial charge in [0, 0.05) is 31.6 Å².